The molecule has 0 saturated carbocycles. The van der Waals surface area contributed by atoms with Gasteiger partial charge < -0.3 is 4.74 Å². The summed E-state index contributed by atoms with van der Waals surface area (Å²) in [6.07, 6.45) is 0.699. The largest absolute Gasteiger partial charge is 0.464 e. The first-order valence-electron chi connectivity index (χ1n) is 9.03. The van der Waals surface area contributed by atoms with Crippen LogP contribution in [0.3, 0.4) is 0 Å². The van der Waals surface area contributed by atoms with Crippen LogP contribution in [0.4, 0.5) is 0 Å². The van der Waals surface area contributed by atoms with E-state index in [0.29, 0.717) is 0 Å². The average molecular weight is 340 g/mol. The minimum Gasteiger partial charge on any atom is -0.464 e. The number of benzene rings is 3. The van der Waals surface area contributed by atoms with Gasteiger partial charge in [-0.05, 0) is 24.1 Å². The molecule has 0 unspecified atom stereocenters. The molecule has 2 aliphatic rings. The van der Waals surface area contributed by atoms with Crippen LogP contribution in [-0.4, -0.2) is 10.7 Å². The van der Waals surface area contributed by atoms with Gasteiger partial charge in [-0.1, -0.05) is 72.8 Å². The van der Waals surface area contributed by atoms with Crippen LogP contribution in [0.5, 0.6) is 5.75 Å². The summed E-state index contributed by atoms with van der Waals surface area (Å²) in [4.78, 5) is 0. The fraction of sp³-hybridized carbons (Fsp3) is 0.174. The first kappa shape index (κ1) is 15.2. The molecule has 3 heteroatoms. The summed E-state index contributed by atoms with van der Waals surface area (Å²) < 4.78 is 6.42. The van der Waals surface area contributed by atoms with E-state index in [4.69, 9.17) is 9.84 Å². The van der Waals surface area contributed by atoms with Gasteiger partial charge in [-0.15, -0.1) is 0 Å². The fourth-order valence-corrected chi connectivity index (χ4v) is 3.91. The van der Waals surface area contributed by atoms with Crippen LogP contribution in [0.2, 0.25) is 0 Å². The standard InChI is InChI=1S/C23H20N2O/c1-16-9-5-6-12-18(16)23-25-21(19-13-7-8-14-22(19)26-23)15-20(24-25)17-10-3-2-4-11-17/h2-14,21,23H,15H2,1H3/t21-,23+/m1/s1. The number of ether oxygens (including phenoxy) is 1. The number of nitrogens with zero attached hydrogens (tertiary/aromatic N) is 2. The van der Waals surface area contributed by atoms with Crippen molar-refractivity contribution in [1.29, 1.82) is 0 Å². The highest BCUT2D eigenvalue weighted by molar-refractivity contribution is 6.01. The highest BCUT2D eigenvalue weighted by Crippen LogP contribution is 2.47. The maximum absolute atomic E-state index is 6.42. The van der Waals surface area contributed by atoms with Crippen LogP contribution in [0.1, 0.15) is 40.9 Å². The predicted octanol–water partition coefficient (Wildman–Crippen LogP) is 5.24. The molecule has 0 N–H and O–H groups in total. The van der Waals surface area contributed by atoms with Gasteiger partial charge in [0.1, 0.15) is 5.75 Å². The Labute approximate surface area is 153 Å². The van der Waals surface area contributed by atoms with Gasteiger partial charge in [0.05, 0.1) is 11.8 Å². The molecule has 0 bridgehead atoms. The second-order valence-electron chi connectivity index (χ2n) is 6.88. The maximum Gasteiger partial charge on any atom is 0.214 e. The molecule has 2 aliphatic heterocycles. The zero-order valence-electron chi connectivity index (χ0n) is 14.7. The Hall–Kier alpha value is -3.07. The third-order valence-corrected chi connectivity index (χ3v) is 5.26. The van der Waals surface area contributed by atoms with E-state index in [1.807, 2.05) is 12.1 Å². The molecule has 0 aromatic heterocycles. The number of fused-ring (bicyclic) bond motifs is 3. The SMILES string of the molecule is Cc1ccccc1[C@@H]1Oc2ccccc2[C@H]2CC(c3ccccc3)=NN21. The Morgan fingerprint density at radius 1 is 0.846 bits per heavy atom. The van der Waals surface area contributed by atoms with Gasteiger partial charge in [-0.25, -0.2) is 5.01 Å². The van der Waals surface area contributed by atoms with Crippen molar-refractivity contribution in [3.05, 3.63) is 101 Å². The van der Waals surface area contributed by atoms with Gasteiger partial charge in [0, 0.05) is 17.5 Å². The summed E-state index contributed by atoms with van der Waals surface area (Å²) in [6, 6.07) is 27.4. The molecule has 3 aromatic carbocycles. The summed E-state index contributed by atoms with van der Waals surface area (Å²) in [5.41, 5.74) is 5.91. The predicted molar refractivity (Wildman–Crippen MR) is 103 cm³/mol. The zero-order valence-corrected chi connectivity index (χ0v) is 14.7. The quantitative estimate of drug-likeness (QED) is 0.637. The van der Waals surface area contributed by atoms with Gasteiger partial charge in [-0.3, -0.25) is 0 Å². The molecule has 0 spiro atoms. The van der Waals surface area contributed by atoms with Crippen molar-refractivity contribution in [2.75, 3.05) is 0 Å². The topological polar surface area (TPSA) is 24.8 Å². The van der Waals surface area contributed by atoms with Gasteiger partial charge in [0.15, 0.2) is 0 Å². The van der Waals surface area contributed by atoms with Crippen molar-refractivity contribution in [3.63, 3.8) is 0 Å². The van der Waals surface area contributed by atoms with E-state index >= 15 is 0 Å². The van der Waals surface area contributed by atoms with Gasteiger partial charge in [0.2, 0.25) is 6.23 Å². The molecule has 0 aliphatic carbocycles. The number of aryl methyl sites for hydroxylation is 1. The van der Waals surface area contributed by atoms with E-state index in [2.05, 4.69) is 78.7 Å². The van der Waals surface area contributed by atoms with Gasteiger partial charge >= 0.3 is 0 Å². The number of rotatable bonds is 2. The Morgan fingerprint density at radius 3 is 2.35 bits per heavy atom. The van der Waals surface area contributed by atoms with Crippen molar-refractivity contribution in [2.45, 2.75) is 25.6 Å². The summed E-state index contributed by atoms with van der Waals surface area (Å²) in [5, 5.41) is 7.15. The highest BCUT2D eigenvalue weighted by Gasteiger charge is 2.41. The molecule has 3 aromatic rings. The van der Waals surface area contributed by atoms with Crippen molar-refractivity contribution in [3.8, 4) is 5.75 Å². The molecule has 0 saturated heterocycles. The third-order valence-electron chi connectivity index (χ3n) is 5.26. The first-order valence-corrected chi connectivity index (χ1v) is 9.03. The van der Waals surface area contributed by atoms with Crippen molar-refractivity contribution < 1.29 is 4.74 Å². The minimum atomic E-state index is -0.197. The van der Waals surface area contributed by atoms with E-state index in [1.165, 1.54) is 22.3 Å². The van der Waals surface area contributed by atoms with Gasteiger partial charge in [-0.2, -0.15) is 5.10 Å². The van der Waals surface area contributed by atoms with E-state index in [9.17, 15) is 0 Å². The van der Waals surface area contributed by atoms with Crippen LogP contribution >= 0.6 is 0 Å². The lowest BCUT2D eigenvalue weighted by atomic mass is 9.95. The van der Waals surface area contributed by atoms with Crippen LogP contribution < -0.4 is 4.74 Å². The smallest absolute Gasteiger partial charge is 0.214 e. The number of hydrogen-bond acceptors (Lipinski definition) is 3. The monoisotopic (exact) mass is 340 g/mol. The van der Waals surface area contributed by atoms with Crippen LogP contribution in [0.25, 0.3) is 0 Å². The molecule has 0 fully saturated rings. The second-order valence-corrected chi connectivity index (χ2v) is 6.88. The lowest BCUT2D eigenvalue weighted by Crippen LogP contribution is -2.34. The van der Waals surface area contributed by atoms with E-state index in [-0.39, 0.29) is 12.3 Å². The lowest BCUT2D eigenvalue weighted by Gasteiger charge is -2.38. The van der Waals surface area contributed by atoms with Crippen LogP contribution in [0.15, 0.2) is 84.0 Å². The Morgan fingerprint density at radius 2 is 1.54 bits per heavy atom. The summed E-state index contributed by atoms with van der Waals surface area (Å²) in [6.45, 7) is 2.13. The summed E-state index contributed by atoms with van der Waals surface area (Å²) in [7, 11) is 0. The van der Waals surface area contributed by atoms with E-state index in [0.717, 1.165) is 17.9 Å². The highest BCUT2D eigenvalue weighted by atomic mass is 16.5. The molecule has 2 atom stereocenters. The molecule has 0 radical (unpaired) electrons. The van der Waals surface area contributed by atoms with Crippen molar-refractivity contribution in [1.82, 2.24) is 5.01 Å². The normalized spacial score (nSPS) is 20.8. The number of hydrazone groups is 1. The molecule has 3 nitrogen and oxygen atoms in total. The van der Waals surface area contributed by atoms with Gasteiger partial charge in [0.25, 0.3) is 0 Å². The molecule has 5 rings (SSSR count). The summed E-state index contributed by atoms with van der Waals surface area (Å²) in [5.74, 6) is 0.964. The molecule has 26 heavy (non-hydrogen) atoms. The second kappa shape index (κ2) is 6.03. The molecule has 128 valence electrons. The zero-order chi connectivity index (χ0) is 17.5. The molecule has 0 amide bonds. The maximum atomic E-state index is 6.42. The van der Waals surface area contributed by atoms with Crippen molar-refractivity contribution in [2.24, 2.45) is 5.10 Å². The summed E-state index contributed by atoms with van der Waals surface area (Å²) >= 11 is 0. The third kappa shape index (κ3) is 2.39. The average Bonchev–Trinajstić information content (AvgIpc) is 3.14. The van der Waals surface area contributed by atoms with E-state index in [1.54, 1.807) is 0 Å². The molecular weight excluding hydrogens is 320 g/mol. The lowest BCUT2D eigenvalue weighted by molar-refractivity contribution is -0.0194. The number of hydrogen-bond donors (Lipinski definition) is 0. The van der Waals surface area contributed by atoms with Crippen LogP contribution in [-0.2, 0) is 0 Å². The minimum absolute atomic E-state index is 0.197. The Kier molecular flexibility index (Phi) is 3.52. The number of para-hydroxylation sites is 1. The van der Waals surface area contributed by atoms with Crippen LogP contribution in [0, 0.1) is 6.92 Å². The van der Waals surface area contributed by atoms with Crippen molar-refractivity contribution >= 4 is 5.71 Å². The Balaban J connectivity index is 1.63. The molecular formula is C23H20N2O. The Bertz CT molecular complexity index is 980. The van der Waals surface area contributed by atoms with E-state index < -0.39 is 0 Å². The first-order chi connectivity index (χ1) is 12.8. The fourth-order valence-electron chi connectivity index (χ4n) is 3.91. The molecule has 2 heterocycles.